The van der Waals surface area contributed by atoms with E-state index in [0.29, 0.717) is 23.7 Å². The van der Waals surface area contributed by atoms with Gasteiger partial charge in [-0.1, -0.05) is 18.2 Å². The van der Waals surface area contributed by atoms with Crippen LogP contribution in [0.2, 0.25) is 0 Å². The molecule has 2 aromatic carbocycles. The molecule has 7 heteroatoms. The van der Waals surface area contributed by atoms with Crippen molar-refractivity contribution in [2.24, 2.45) is 12.9 Å². The maximum Gasteiger partial charge on any atom is 0.222 e. The molecule has 0 aliphatic heterocycles. The highest BCUT2D eigenvalue weighted by atomic mass is 16.5. The van der Waals surface area contributed by atoms with E-state index in [2.05, 4.69) is 5.10 Å². The van der Waals surface area contributed by atoms with Crippen molar-refractivity contribution in [3.8, 4) is 22.9 Å². The Morgan fingerprint density at radius 3 is 2.64 bits per heavy atom. The number of benzene rings is 2. The van der Waals surface area contributed by atoms with Crippen LogP contribution in [-0.4, -0.2) is 30.2 Å². The monoisotopic (exact) mass is 380 g/mol. The summed E-state index contributed by atoms with van der Waals surface area (Å²) in [7, 11) is 5.06. The molecular weight excluding hydrogens is 356 g/mol. The van der Waals surface area contributed by atoms with E-state index in [1.54, 1.807) is 23.8 Å². The van der Waals surface area contributed by atoms with Crippen LogP contribution in [0.3, 0.4) is 0 Å². The molecule has 0 atom stereocenters. The largest absolute Gasteiger partial charge is 0.489 e. The van der Waals surface area contributed by atoms with Crippen molar-refractivity contribution in [2.45, 2.75) is 13.5 Å². The minimum absolute atomic E-state index is 0.398. The van der Waals surface area contributed by atoms with Crippen molar-refractivity contribution < 1.29 is 14.3 Å². The van der Waals surface area contributed by atoms with Gasteiger partial charge in [0, 0.05) is 25.2 Å². The Kier molecular flexibility index (Phi) is 5.65. The maximum atomic E-state index is 11.5. The summed E-state index contributed by atoms with van der Waals surface area (Å²) in [5.74, 6) is 7.07. The van der Waals surface area contributed by atoms with E-state index in [1.165, 1.54) is 7.11 Å². The van der Waals surface area contributed by atoms with E-state index in [9.17, 15) is 4.79 Å². The highest BCUT2D eigenvalue weighted by Gasteiger charge is 2.18. The first-order chi connectivity index (χ1) is 13.5. The number of nitrogens with two attached hydrogens (primary N) is 1. The molecule has 2 N–H and O–H groups in total. The molecule has 0 saturated heterocycles. The Morgan fingerprint density at radius 2 is 2.00 bits per heavy atom. The lowest BCUT2D eigenvalue weighted by Crippen LogP contribution is -2.26. The Morgan fingerprint density at radius 1 is 1.25 bits per heavy atom. The summed E-state index contributed by atoms with van der Waals surface area (Å²) in [6, 6.07) is 13.5. The van der Waals surface area contributed by atoms with Gasteiger partial charge in [0.15, 0.2) is 6.29 Å². The summed E-state index contributed by atoms with van der Waals surface area (Å²) in [5, 5.41) is 5.99. The summed E-state index contributed by atoms with van der Waals surface area (Å²) in [6.07, 6.45) is 0.765. The number of aromatic nitrogens is 2. The minimum atomic E-state index is 0.398. The molecule has 3 rings (SSSR count). The Labute approximate surface area is 164 Å². The predicted molar refractivity (Wildman–Crippen MR) is 109 cm³/mol. The molecule has 146 valence electrons. The standard InChI is InChI=1S/C21H24N4O3/c1-14-11-15(20-17(12-26)21(27-4)25(3)23-20)9-10-19(14)28-13-16-7-5-6-8-18(16)24(2)22/h5-12H,13,22H2,1-4H3. The normalized spacial score (nSPS) is 10.6. The van der Waals surface area contributed by atoms with Gasteiger partial charge in [0.1, 0.15) is 23.6 Å². The Hall–Kier alpha value is -3.32. The number of hydrazine groups is 1. The number of carbonyl (C=O) groups is 1. The van der Waals surface area contributed by atoms with E-state index in [-0.39, 0.29) is 0 Å². The molecule has 1 heterocycles. The van der Waals surface area contributed by atoms with E-state index in [1.807, 2.05) is 49.4 Å². The van der Waals surface area contributed by atoms with Crippen LogP contribution in [0, 0.1) is 6.92 Å². The summed E-state index contributed by atoms with van der Waals surface area (Å²) >= 11 is 0. The summed E-state index contributed by atoms with van der Waals surface area (Å²) < 4.78 is 12.8. The second-order valence-electron chi connectivity index (χ2n) is 6.52. The zero-order valence-corrected chi connectivity index (χ0v) is 16.5. The molecule has 0 saturated carbocycles. The van der Waals surface area contributed by atoms with E-state index < -0.39 is 0 Å². The van der Waals surface area contributed by atoms with Gasteiger partial charge in [-0.25, -0.2) is 10.5 Å². The average Bonchev–Trinajstić information content (AvgIpc) is 3.02. The first-order valence-corrected chi connectivity index (χ1v) is 8.82. The third-order valence-electron chi connectivity index (χ3n) is 4.54. The number of para-hydroxylation sites is 1. The van der Waals surface area contributed by atoms with E-state index >= 15 is 0 Å². The molecule has 0 amide bonds. The fourth-order valence-corrected chi connectivity index (χ4v) is 3.18. The van der Waals surface area contributed by atoms with Crippen molar-refractivity contribution in [3.05, 3.63) is 59.2 Å². The summed E-state index contributed by atoms with van der Waals surface area (Å²) in [6.45, 7) is 2.36. The fraction of sp³-hybridized carbons (Fsp3) is 0.238. The van der Waals surface area contributed by atoms with E-state index in [0.717, 1.165) is 34.4 Å². The average molecular weight is 380 g/mol. The Bertz CT molecular complexity index is 995. The van der Waals surface area contributed by atoms with Crippen molar-refractivity contribution in [1.82, 2.24) is 9.78 Å². The van der Waals surface area contributed by atoms with Crippen molar-refractivity contribution in [2.75, 3.05) is 19.2 Å². The molecule has 28 heavy (non-hydrogen) atoms. The molecule has 3 aromatic rings. The molecular formula is C21H24N4O3. The number of nitrogens with zero attached hydrogens (tertiary/aromatic N) is 3. The van der Waals surface area contributed by atoms with Crippen molar-refractivity contribution >= 4 is 12.0 Å². The van der Waals surface area contributed by atoms with Gasteiger partial charge in [-0.2, -0.15) is 5.10 Å². The number of carbonyl (C=O) groups excluding carboxylic acids is 1. The van der Waals surface area contributed by atoms with Crippen LogP contribution in [0.15, 0.2) is 42.5 Å². The number of rotatable bonds is 7. The highest BCUT2D eigenvalue weighted by molar-refractivity contribution is 5.89. The third-order valence-corrected chi connectivity index (χ3v) is 4.54. The number of hydrogen-bond donors (Lipinski definition) is 1. The number of aryl methyl sites for hydroxylation is 2. The minimum Gasteiger partial charge on any atom is -0.489 e. The zero-order valence-electron chi connectivity index (χ0n) is 16.5. The molecule has 0 spiro atoms. The van der Waals surface area contributed by atoms with Crippen LogP contribution >= 0.6 is 0 Å². The van der Waals surface area contributed by atoms with Gasteiger partial charge in [-0.15, -0.1) is 0 Å². The van der Waals surface area contributed by atoms with Gasteiger partial charge in [0.05, 0.1) is 12.8 Å². The quantitative estimate of drug-likeness (QED) is 0.385. The predicted octanol–water partition coefficient (Wildman–Crippen LogP) is 3.11. The number of ether oxygens (including phenoxy) is 2. The molecule has 7 nitrogen and oxygen atoms in total. The summed E-state index contributed by atoms with van der Waals surface area (Å²) in [4.78, 5) is 11.5. The first kappa shape index (κ1) is 19.4. The maximum absolute atomic E-state index is 11.5. The lowest BCUT2D eigenvalue weighted by atomic mass is 10.1. The Balaban J connectivity index is 1.85. The smallest absolute Gasteiger partial charge is 0.222 e. The molecule has 1 aromatic heterocycles. The van der Waals surface area contributed by atoms with Crippen LogP contribution in [-0.2, 0) is 13.7 Å². The van der Waals surface area contributed by atoms with Crippen molar-refractivity contribution in [1.29, 1.82) is 0 Å². The van der Waals surface area contributed by atoms with Crippen LogP contribution < -0.4 is 20.3 Å². The molecule has 0 aliphatic rings. The van der Waals surface area contributed by atoms with Crippen molar-refractivity contribution in [3.63, 3.8) is 0 Å². The topological polar surface area (TPSA) is 82.6 Å². The molecule has 0 radical (unpaired) electrons. The van der Waals surface area contributed by atoms with Gasteiger partial charge < -0.3 is 14.5 Å². The van der Waals surface area contributed by atoms with Gasteiger partial charge in [0.25, 0.3) is 0 Å². The highest BCUT2D eigenvalue weighted by Crippen LogP contribution is 2.32. The number of anilines is 1. The van der Waals surface area contributed by atoms with Crippen LogP contribution in [0.1, 0.15) is 21.5 Å². The van der Waals surface area contributed by atoms with Crippen LogP contribution in [0.5, 0.6) is 11.6 Å². The van der Waals surface area contributed by atoms with E-state index in [4.69, 9.17) is 15.3 Å². The number of aldehydes is 1. The van der Waals surface area contributed by atoms with Gasteiger partial charge >= 0.3 is 0 Å². The van der Waals surface area contributed by atoms with Gasteiger partial charge in [-0.3, -0.25) is 4.79 Å². The van der Waals surface area contributed by atoms with Gasteiger partial charge in [-0.05, 0) is 36.8 Å². The fourth-order valence-electron chi connectivity index (χ4n) is 3.18. The SMILES string of the molecule is COc1c(C=O)c(-c2ccc(OCc3ccccc3N(C)N)c(C)c2)nn1C. The molecule has 0 fully saturated rings. The molecule has 0 aliphatic carbocycles. The molecule has 0 bridgehead atoms. The zero-order chi connectivity index (χ0) is 20.3. The second-order valence-corrected chi connectivity index (χ2v) is 6.52. The lowest BCUT2D eigenvalue weighted by Gasteiger charge is -2.17. The van der Waals surface area contributed by atoms with Crippen LogP contribution in [0.4, 0.5) is 5.69 Å². The third kappa shape index (κ3) is 3.70. The molecule has 0 unspecified atom stereocenters. The summed E-state index contributed by atoms with van der Waals surface area (Å²) in [5.41, 5.74) is 4.68. The van der Waals surface area contributed by atoms with Crippen LogP contribution in [0.25, 0.3) is 11.3 Å². The number of hydrogen-bond acceptors (Lipinski definition) is 6. The van der Waals surface area contributed by atoms with Gasteiger partial charge in [0.2, 0.25) is 5.88 Å². The second kappa shape index (κ2) is 8.14. The number of methoxy groups -OCH3 is 1. The lowest BCUT2D eigenvalue weighted by molar-refractivity contribution is 0.112. The first-order valence-electron chi connectivity index (χ1n) is 8.82.